The molecule has 162 valence electrons. The maximum absolute atomic E-state index is 13.3. The van der Waals surface area contributed by atoms with Crippen molar-refractivity contribution in [1.82, 2.24) is 4.98 Å². The largest absolute Gasteiger partial charge is 0.325 e. The lowest BCUT2D eigenvalue weighted by Gasteiger charge is -2.21. The van der Waals surface area contributed by atoms with Gasteiger partial charge in [0.15, 0.2) is 0 Å². The van der Waals surface area contributed by atoms with E-state index in [9.17, 15) is 4.79 Å². The van der Waals surface area contributed by atoms with Crippen LogP contribution in [0.3, 0.4) is 0 Å². The molecule has 1 amide bonds. The number of benzene rings is 3. The Hall–Kier alpha value is -3.43. The molecule has 3 aromatic carbocycles. The number of aromatic nitrogens is 1. The number of alkyl halides is 1. The number of anilines is 1. The normalized spacial score (nSPS) is 19.0. The van der Waals surface area contributed by atoms with Crippen LogP contribution >= 0.6 is 11.6 Å². The molecule has 0 spiro atoms. The highest BCUT2D eigenvalue weighted by molar-refractivity contribution is 6.18. The number of allylic oxidation sites excluding steroid dienone is 1. The van der Waals surface area contributed by atoms with Gasteiger partial charge in [0, 0.05) is 34.6 Å². The second-order valence-corrected chi connectivity index (χ2v) is 9.25. The number of pyridine rings is 1. The van der Waals surface area contributed by atoms with Crippen molar-refractivity contribution in [2.75, 3.05) is 11.2 Å². The smallest absolute Gasteiger partial charge is 0.232 e. The van der Waals surface area contributed by atoms with E-state index in [1.165, 1.54) is 22.3 Å². The molecule has 0 bridgehead atoms. The predicted molar refractivity (Wildman–Crippen MR) is 135 cm³/mol. The highest BCUT2D eigenvalue weighted by Crippen LogP contribution is 2.53. The molecule has 1 aromatic heterocycles. The standard InChI is InChI=1S/C29H23ClN2O/c1-17-26(20-15-19-6-2-5-9-24(19)31-16-20)21-7-3-4-8-22(21)27(17)28-23-14-18(12-13-30)10-11-25(23)32-29(28)33/h2-11,14-16,27-28H,12-13H2,1H3,(H,32,33). The van der Waals surface area contributed by atoms with Crippen LogP contribution in [-0.4, -0.2) is 16.8 Å². The van der Waals surface area contributed by atoms with Gasteiger partial charge < -0.3 is 5.32 Å². The summed E-state index contributed by atoms with van der Waals surface area (Å²) >= 11 is 6.00. The maximum Gasteiger partial charge on any atom is 0.232 e. The summed E-state index contributed by atoms with van der Waals surface area (Å²) in [6.45, 7) is 2.17. The quantitative estimate of drug-likeness (QED) is 0.353. The third-order valence-corrected chi connectivity index (χ3v) is 7.20. The summed E-state index contributed by atoms with van der Waals surface area (Å²) in [6.07, 6.45) is 2.75. The number of aryl methyl sites for hydroxylation is 1. The van der Waals surface area contributed by atoms with Crippen LogP contribution in [0.4, 0.5) is 5.69 Å². The van der Waals surface area contributed by atoms with Crippen molar-refractivity contribution >= 4 is 39.7 Å². The van der Waals surface area contributed by atoms with Gasteiger partial charge in [0.05, 0.1) is 11.4 Å². The minimum Gasteiger partial charge on any atom is -0.325 e. The zero-order chi connectivity index (χ0) is 22.5. The zero-order valence-electron chi connectivity index (χ0n) is 18.3. The van der Waals surface area contributed by atoms with Crippen molar-refractivity contribution in [2.24, 2.45) is 0 Å². The Balaban J connectivity index is 1.53. The van der Waals surface area contributed by atoms with Crippen molar-refractivity contribution in [3.63, 3.8) is 0 Å². The number of hydrogen-bond donors (Lipinski definition) is 1. The second kappa shape index (κ2) is 7.86. The summed E-state index contributed by atoms with van der Waals surface area (Å²) in [5.74, 6) is 0.345. The van der Waals surface area contributed by atoms with Crippen molar-refractivity contribution in [3.8, 4) is 0 Å². The average molecular weight is 451 g/mol. The molecule has 2 heterocycles. The van der Waals surface area contributed by atoms with E-state index in [0.717, 1.165) is 39.7 Å². The topological polar surface area (TPSA) is 42.0 Å². The molecule has 0 saturated carbocycles. The highest BCUT2D eigenvalue weighted by atomic mass is 35.5. The fourth-order valence-electron chi connectivity index (χ4n) is 5.55. The molecule has 6 rings (SSSR count). The first-order chi connectivity index (χ1) is 16.2. The Kier molecular flexibility index (Phi) is 4.81. The molecule has 0 radical (unpaired) electrons. The van der Waals surface area contributed by atoms with Gasteiger partial charge in [0.1, 0.15) is 0 Å². The minimum absolute atomic E-state index is 0.0184. The number of carbonyl (C=O) groups excluding carboxylic acids is 1. The van der Waals surface area contributed by atoms with Crippen molar-refractivity contribution in [3.05, 3.63) is 112 Å². The van der Waals surface area contributed by atoms with Gasteiger partial charge in [-0.3, -0.25) is 9.78 Å². The van der Waals surface area contributed by atoms with Crippen LogP contribution in [0, 0.1) is 0 Å². The fourth-order valence-corrected chi connectivity index (χ4v) is 5.77. The van der Waals surface area contributed by atoms with E-state index in [2.05, 4.69) is 60.8 Å². The van der Waals surface area contributed by atoms with Crippen LogP contribution in [0.25, 0.3) is 16.5 Å². The number of para-hydroxylation sites is 1. The van der Waals surface area contributed by atoms with Gasteiger partial charge in [0.25, 0.3) is 0 Å². The average Bonchev–Trinajstić information content (AvgIpc) is 3.30. The molecule has 1 aliphatic carbocycles. The van der Waals surface area contributed by atoms with E-state index >= 15 is 0 Å². The summed E-state index contributed by atoms with van der Waals surface area (Å²) in [6, 6.07) is 25.1. The van der Waals surface area contributed by atoms with E-state index in [0.29, 0.717) is 5.88 Å². The van der Waals surface area contributed by atoms with Crippen LogP contribution < -0.4 is 5.32 Å². The molecule has 3 nitrogen and oxygen atoms in total. The molecule has 2 unspecified atom stereocenters. The van der Waals surface area contributed by atoms with Crippen molar-refractivity contribution < 1.29 is 4.79 Å². The summed E-state index contributed by atoms with van der Waals surface area (Å²) in [5, 5.41) is 4.23. The maximum atomic E-state index is 13.3. The van der Waals surface area contributed by atoms with E-state index in [-0.39, 0.29) is 17.7 Å². The summed E-state index contributed by atoms with van der Waals surface area (Å²) < 4.78 is 0. The molecule has 0 saturated heterocycles. The Morgan fingerprint density at radius 3 is 2.64 bits per heavy atom. The SMILES string of the molecule is CC1=C(c2cnc3ccccc3c2)c2ccccc2C1C1C(=O)Nc2ccc(CCCl)cc21. The first kappa shape index (κ1) is 20.2. The minimum atomic E-state index is -0.262. The first-order valence-electron chi connectivity index (χ1n) is 11.3. The third kappa shape index (κ3) is 3.19. The fraction of sp³-hybridized carbons (Fsp3) is 0.172. The van der Waals surface area contributed by atoms with Gasteiger partial charge in [-0.2, -0.15) is 0 Å². The number of nitrogens with one attached hydrogen (secondary N) is 1. The van der Waals surface area contributed by atoms with Gasteiger partial charge in [-0.15, -0.1) is 11.6 Å². The van der Waals surface area contributed by atoms with E-state index in [1.807, 2.05) is 30.5 Å². The lowest BCUT2D eigenvalue weighted by atomic mass is 9.80. The molecule has 1 aliphatic heterocycles. The molecular weight excluding hydrogens is 428 g/mol. The van der Waals surface area contributed by atoms with Gasteiger partial charge in [-0.05, 0) is 59.4 Å². The Bertz CT molecular complexity index is 1460. The molecular formula is C29H23ClN2O. The van der Waals surface area contributed by atoms with Crippen LogP contribution in [-0.2, 0) is 11.2 Å². The van der Waals surface area contributed by atoms with Crippen LogP contribution in [0.2, 0.25) is 0 Å². The Labute approximate surface area is 198 Å². The number of rotatable bonds is 4. The number of carbonyl (C=O) groups is 1. The number of nitrogens with zero attached hydrogens (tertiary/aromatic N) is 1. The van der Waals surface area contributed by atoms with Crippen molar-refractivity contribution in [1.29, 1.82) is 0 Å². The van der Waals surface area contributed by atoms with Crippen LogP contribution in [0.5, 0.6) is 0 Å². The lowest BCUT2D eigenvalue weighted by Crippen LogP contribution is -2.19. The number of fused-ring (bicyclic) bond motifs is 3. The molecule has 2 aliphatic rings. The van der Waals surface area contributed by atoms with E-state index < -0.39 is 0 Å². The Morgan fingerprint density at radius 2 is 1.76 bits per heavy atom. The summed E-state index contributed by atoms with van der Waals surface area (Å²) in [7, 11) is 0. The molecule has 4 aromatic rings. The van der Waals surface area contributed by atoms with Gasteiger partial charge >= 0.3 is 0 Å². The van der Waals surface area contributed by atoms with Crippen molar-refractivity contribution in [2.45, 2.75) is 25.2 Å². The summed E-state index contributed by atoms with van der Waals surface area (Å²) in [4.78, 5) is 18.0. The summed E-state index contributed by atoms with van der Waals surface area (Å²) in [5.41, 5.74) is 10.0. The zero-order valence-corrected chi connectivity index (χ0v) is 19.1. The molecule has 33 heavy (non-hydrogen) atoms. The van der Waals surface area contributed by atoms with Gasteiger partial charge in [0.2, 0.25) is 5.91 Å². The monoisotopic (exact) mass is 450 g/mol. The molecule has 0 fully saturated rings. The molecule has 4 heteroatoms. The predicted octanol–water partition coefficient (Wildman–Crippen LogP) is 6.67. The second-order valence-electron chi connectivity index (χ2n) is 8.87. The third-order valence-electron chi connectivity index (χ3n) is 7.01. The lowest BCUT2D eigenvalue weighted by molar-refractivity contribution is -0.117. The van der Waals surface area contributed by atoms with Crippen LogP contribution in [0.15, 0.2) is 84.6 Å². The Morgan fingerprint density at radius 1 is 0.939 bits per heavy atom. The molecule has 1 N–H and O–H groups in total. The van der Waals surface area contributed by atoms with E-state index in [1.54, 1.807) is 0 Å². The van der Waals surface area contributed by atoms with Gasteiger partial charge in [-0.25, -0.2) is 0 Å². The van der Waals surface area contributed by atoms with E-state index in [4.69, 9.17) is 16.6 Å². The highest BCUT2D eigenvalue weighted by Gasteiger charge is 2.43. The van der Waals surface area contributed by atoms with Crippen LogP contribution in [0.1, 0.15) is 46.6 Å². The first-order valence-corrected chi connectivity index (χ1v) is 11.8. The van der Waals surface area contributed by atoms with Gasteiger partial charge in [-0.1, -0.05) is 60.2 Å². The number of halogens is 1. The number of amides is 1. The molecule has 2 atom stereocenters. The number of hydrogen-bond acceptors (Lipinski definition) is 2.